The van der Waals surface area contributed by atoms with Crippen LogP contribution in [0.25, 0.3) is 0 Å². The second-order valence-electron chi connectivity index (χ2n) is 3.80. The van der Waals surface area contributed by atoms with Gasteiger partial charge in [-0.15, -0.1) is 0 Å². The van der Waals surface area contributed by atoms with Crippen LogP contribution in [-0.2, 0) is 0 Å². The Hall–Kier alpha value is -0.420. The molecule has 88 valence electrons. The van der Waals surface area contributed by atoms with E-state index < -0.39 is 0 Å². The molecular formula is C10H21N3OS. The number of nitrogens with one attached hydrogen (secondary N) is 2. The molecule has 15 heavy (non-hydrogen) atoms. The summed E-state index contributed by atoms with van der Waals surface area (Å²) < 4.78 is 0. The van der Waals surface area contributed by atoms with E-state index in [1.807, 2.05) is 16.7 Å². The largest absolute Gasteiger partial charge is 0.336 e. The van der Waals surface area contributed by atoms with Gasteiger partial charge in [0, 0.05) is 31.4 Å². The average Bonchev–Trinajstić information content (AvgIpc) is 2.63. The molecule has 1 atom stereocenters. The molecule has 1 unspecified atom stereocenters. The van der Waals surface area contributed by atoms with Crippen molar-refractivity contribution < 1.29 is 4.79 Å². The number of carbonyl (C=O) groups excluding carboxylic acids is 1. The minimum atomic E-state index is 0.0780. The van der Waals surface area contributed by atoms with Crippen LogP contribution in [0.4, 0.5) is 4.79 Å². The van der Waals surface area contributed by atoms with E-state index in [0.717, 1.165) is 32.7 Å². The van der Waals surface area contributed by atoms with E-state index in [9.17, 15) is 4.79 Å². The molecule has 0 spiro atoms. The van der Waals surface area contributed by atoms with Gasteiger partial charge in [-0.3, -0.25) is 0 Å². The minimum Gasteiger partial charge on any atom is -0.336 e. The second-order valence-corrected chi connectivity index (χ2v) is 5.08. The van der Waals surface area contributed by atoms with Crippen LogP contribution in [0, 0.1) is 0 Å². The van der Waals surface area contributed by atoms with Crippen molar-refractivity contribution in [3.63, 3.8) is 0 Å². The van der Waals surface area contributed by atoms with Crippen LogP contribution in [0.15, 0.2) is 0 Å². The van der Waals surface area contributed by atoms with Gasteiger partial charge in [-0.05, 0) is 19.2 Å². The van der Waals surface area contributed by atoms with Gasteiger partial charge in [-0.1, -0.05) is 6.92 Å². The lowest BCUT2D eigenvalue weighted by Gasteiger charge is -2.15. The fourth-order valence-corrected chi connectivity index (χ4v) is 1.84. The van der Waals surface area contributed by atoms with E-state index in [-0.39, 0.29) is 6.03 Å². The van der Waals surface area contributed by atoms with Crippen molar-refractivity contribution in [3.8, 4) is 0 Å². The number of rotatable bonds is 7. The van der Waals surface area contributed by atoms with Gasteiger partial charge in [0.15, 0.2) is 0 Å². The minimum absolute atomic E-state index is 0.0780. The molecule has 0 bridgehead atoms. The molecule has 1 heterocycles. The zero-order valence-corrected chi connectivity index (χ0v) is 10.4. The van der Waals surface area contributed by atoms with Crippen molar-refractivity contribution in [2.75, 3.05) is 39.0 Å². The van der Waals surface area contributed by atoms with Gasteiger partial charge in [0.1, 0.15) is 0 Å². The lowest BCUT2D eigenvalue weighted by atomic mass is 10.3. The van der Waals surface area contributed by atoms with Crippen LogP contribution < -0.4 is 10.6 Å². The molecule has 0 aliphatic carbocycles. The number of amides is 2. The van der Waals surface area contributed by atoms with E-state index in [1.165, 1.54) is 6.42 Å². The van der Waals surface area contributed by atoms with Crippen molar-refractivity contribution in [1.29, 1.82) is 0 Å². The number of thioether (sulfide) groups is 1. The number of hydrogen-bond acceptors (Lipinski definition) is 3. The lowest BCUT2D eigenvalue weighted by Crippen LogP contribution is -2.35. The summed E-state index contributed by atoms with van der Waals surface area (Å²) in [6, 6.07) is 0.0780. The average molecular weight is 231 g/mol. The molecule has 0 aromatic carbocycles. The summed E-state index contributed by atoms with van der Waals surface area (Å²) >= 11 is 1.89. The zero-order valence-electron chi connectivity index (χ0n) is 9.58. The molecule has 0 radical (unpaired) electrons. The standard InChI is InChI=1S/C10H21N3OS/c1-9(15-2)3-4-11-5-7-13-8-6-12-10(13)14/h9,11H,3-8H2,1-2H3,(H,12,14). The Morgan fingerprint density at radius 1 is 1.60 bits per heavy atom. The molecule has 2 amide bonds. The number of nitrogens with zero attached hydrogens (tertiary/aromatic N) is 1. The van der Waals surface area contributed by atoms with E-state index in [0.29, 0.717) is 5.25 Å². The highest BCUT2D eigenvalue weighted by atomic mass is 32.2. The first-order valence-corrected chi connectivity index (χ1v) is 6.79. The SMILES string of the molecule is CSC(C)CCNCCN1CCNC1=O. The molecule has 5 heteroatoms. The van der Waals surface area contributed by atoms with Gasteiger partial charge in [0.2, 0.25) is 0 Å². The van der Waals surface area contributed by atoms with Crippen LogP contribution in [0.3, 0.4) is 0 Å². The zero-order chi connectivity index (χ0) is 11.1. The first kappa shape index (κ1) is 12.6. The molecule has 1 fully saturated rings. The van der Waals surface area contributed by atoms with Crippen molar-refractivity contribution in [1.82, 2.24) is 15.5 Å². The van der Waals surface area contributed by atoms with Gasteiger partial charge in [0.25, 0.3) is 0 Å². The van der Waals surface area contributed by atoms with Gasteiger partial charge in [0.05, 0.1) is 0 Å². The quantitative estimate of drug-likeness (QED) is 0.635. The molecule has 1 aliphatic rings. The molecule has 1 rings (SSSR count). The summed E-state index contributed by atoms with van der Waals surface area (Å²) in [6.45, 7) is 6.63. The van der Waals surface area contributed by atoms with Crippen LogP contribution in [-0.4, -0.2) is 55.2 Å². The predicted octanol–water partition coefficient (Wildman–Crippen LogP) is 0.743. The Morgan fingerprint density at radius 2 is 2.40 bits per heavy atom. The Labute approximate surface area is 96.2 Å². The summed E-state index contributed by atoms with van der Waals surface area (Å²) in [5.74, 6) is 0. The predicted molar refractivity (Wildman–Crippen MR) is 65.4 cm³/mol. The van der Waals surface area contributed by atoms with Crippen LogP contribution in [0.5, 0.6) is 0 Å². The molecule has 0 aromatic heterocycles. The van der Waals surface area contributed by atoms with Gasteiger partial charge in [-0.2, -0.15) is 11.8 Å². The maximum absolute atomic E-state index is 11.2. The molecule has 1 aliphatic heterocycles. The van der Waals surface area contributed by atoms with Crippen LogP contribution in [0.2, 0.25) is 0 Å². The highest BCUT2D eigenvalue weighted by molar-refractivity contribution is 7.99. The van der Waals surface area contributed by atoms with Gasteiger partial charge in [-0.25, -0.2) is 4.79 Å². The summed E-state index contributed by atoms with van der Waals surface area (Å²) in [5.41, 5.74) is 0. The van der Waals surface area contributed by atoms with Crippen molar-refractivity contribution in [2.45, 2.75) is 18.6 Å². The summed E-state index contributed by atoms with van der Waals surface area (Å²) in [4.78, 5) is 13.0. The van der Waals surface area contributed by atoms with Gasteiger partial charge >= 0.3 is 6.03 Å². The summed E-state index contributed by atoms with van der Waals surface area (Å²) in [5, 5.41) is 6.87. The maximum atomic E-state index is 11.2. The van der Waals surface area contributed by atoms with E-state index in [1.54, 1.807) is 0 Å². The normalized spacial score (nSPS) is 18.0. The summed E-state index contributed by atoms with van der Waals surface area (Å²) in [6.07, 6.45) is 3.33. The highest BCUT2D eigenvalue weighted by Crippen LogP contribution is 2.07. The van der Waals surface area contributed by atoms with Crippen molar-refractivity contribution in [3.05, 3.63) is 0 Å². The Balaban J connectivity index is 1.95. The number of hydrogen-bond donors (Lipinski definition) is 2. The maximum Gasteiger partial charge on any atom is 0.317 e. The van der Waals surface area contributed by atoms with Crippen LogP contribution in [0.1, 0.15) is 13.3 Å². The van der Waals surface area contributed by atoms with E-state index in [2.05, 4.69) is 23.8 Å². The molecule has 2 N–H and O–H groups in total. The van der Waals surface area contributed by atoms with Crippen molar-refractivity contribution in [2.24, 2.45) is 0 Å². The Morgan fingerprint density at radius 3 is 3.00 bits per heavy atom. The fourth-order valence-electron chi connectivity index (χ4n) is 1.49. The monoisotopic (exact) mass is 231 g/mol. The molecule has 0 aromatic rings. The first-order chi connectivity index (χ1) is 7.24. The fraction of sp³-hybridized carbons (Fsp3) is 0.900. The Kier molecular flexibility index (Phi) is 5.86. The topological polar surface area (TPSA) is 44.4 Å². The molecular weight excluding hydrogens is 210 g/mol. The highest BCUT2D eigenvalue weighted by Gasteiger charge is 2.17. The van der Waals surface area contributed by atoms with E-state index in [4.69, 9.17) is 0 Å². The third-order valence-corrected chi connectivity index (χ3v) is 3.67. The lowest BCUT2D eigenvalue weighted by molar-refractivity contribution is 0.217. The smallest absolute Gasteiger partial charge is 0.317 e. The first-order valence-electron chi connectivity index (χ1n) is 5.50. The van der Waals surface area contributed by atoms with Crippen LogP contribution >= 0.6 is 11.8 Å². The number of urea groups is 1. The Bertz CT molecular complexity index is 201. The molecule has 0 saturated carbocycles. The third kappa shape index (κ3) is 4.75. The van der Waals surface area contributed by atoms with Gasteiger partial charge < -0.3 is 15.5 Å². The molecule has 4 nitrogen and oxygen atoms in total. The van der Waals surface area contributed by atoms with E-state index >= 15 is 0 Å². The third-order valence-electron chi connectivity index (χ3n) is 2.63. The second kappa shape index (κ2) is 6.95. The summed E-state index contributed by atoms with van der Waals surface area (Å²) in [7, 11) is 0. The van der Waals surface area contributed by atoms with Crippen molar-refractivity contribution >= 4 is 17.8 Å². The number of carbonyl (C=O) groups is 1. The molecule has 1 saturated heterocycles.